The minimum absolute atomic E-state index is 0.0740. The number of carbonyl (C=O) groups is 1. The van der Waals surface area contributed by atoms with Crippen molar-refractivity contribution in [3.05, 3.63) is 0 Å². The van der Waals surface area contributed by atoms with Crippen LogP contribution in [0.15, 0.2) is 5.16 Å². The highest BCUT2D eigenvalue weighted by atomic mass is 32.2. The fourth-order valence-electron chi connectivity index (χ4n) is 1.92. The van der Waals surface area contributed by atoms with E-state index in [4.69, 9.17) is 0 Å². The van der Waals surface area contributed by atoms with Gasteiger partial charge in [-0.15, -0.1) is 5.10 Å². The van der Waals surface area contributed by atoms with Gasteiger partial charge in [0.25, 0.3) is 0 Å². The van der Waals surface area contributed by atoms with Gasteiger partial charge in [-0.05, 0) is 30.2 Å². The number of aromatic nitrogens is 4. The van der Waals surface area contributed by atoms with Gasteiger partial charge < -0.3 is 5.32 Å². The zero-order valence-electron chi connectivity index (χ0n) is 10.1. The smallest absolute Gasteiger partial charge is 0.233 e. The third-order valence-electron chi connectivity index (χ3n) is 2.93. The summed E-state index contributed by atoms with van der Waals surface area (Å²) in [6.45, 7) is 1.88. The Bertz CT molecular complexity index is 388. The van der Waals surface area contributed by atoms with Gasteiger partial charge in [0.1, 0.15) is 0 Å². The predicted molar refractivity (Wildman–Crippen MR) is 64.5 cm³/mol. The largest absolute Gasteiger partial charge is 0.352 e. The lowest BCUT2D eigenvalue weighted by Gasteiger charge is -2.15. The Balaban J connectivity index is 1.84. The number of rotatable bonds is 4. The number of amides is 1. The van der Waals surface area contributed by atoms with Gasteiger partial charge in [0, 0.05) is 13.1 Å². The van der Waals surface area contributed by atoms with Gasteiger partial charge in [-0.2, -0.15) is 0 Å². The highest BCUT2D eigenvalue weighted by Gasteiger charge is 2.22. The molecule has 1 N–H and O–H groups in total. The standard InChI is InChI=1S/C10H17N5OS/c1-7(17-10-12-13-14-15(10)2)9(16)11-8-5-3-4-6-8/h7-8H,3-6H2,1-2H3,(H,11,16)/t7-/m1/s1. The molecule has 0 saturated heterocycles. The minimum atomic E-state index is -0.166. The molecule has 1 aromatic rings. The van der Waals surface area contributed by atoms with E-state index in [9.17, 15) is 4.79 Å². The van der Waals surface area contributed by atoms with Crippen LogP contribution in [0.4, 0.5) is 0 Å². The van der Waals surface area contributed by atoms with E-state index >= 15 is 0 Å². The molecule has 1 fully saturated rings. The average Bonchev–Trinajstić information content (AvgIpc) is 2.91. The molecule has 0 spiro atoms. The Morgan fingerprint density at radius 1 is 1.53 bits per heavy atom. The lowest BCUT2D eigenvalue weighted by Crippen LogP contribution is -2.37. The number of hydrogen-bond acceptors (Lipinski definition) is 5. The van der Waals surface area contributed by atoms with Crippen LogP contribution < -0.4 is 5.32 Å². The second-order valence-electron chi connectivity index (χ2n) is 4.34. The van der Waals surface area contributed by atoms with Gasteiger partial charge >= 0.3 is 0 Å². The Morgan fingerprint density at radius 2 is 2.24 bits per heavy atom. The van der Waals surface area contributed by atoms with Crippen molar-refractivity contribution in [1.82, 2.24) is 25.5 Å². The first-order chi connectivity index (χ1) is 8.16. The molecule has 1 aliphatic rings. The molecule has 17 heavy (non-hydrogen) atoms. The fourth-order valence-corrected chi connectivity index (χ4v) is 2.69. The predicted octanol–water partition coefficient (Wildman–Crippen LogP) is 0.749. The lowest BCUT2D eigenvalue weighted by atomic mass is 10.2. The fraction of sp³-hybridized carbons (Fsp3) is 0.800. The molecule has 6 nitrogen and oxygen atoms in total. The number of nitrogens with zero attached hydrogens (tertiary/aromatic N) is 4. The summed E-state index contributed by atoms with van der Waals surface area (Å²) in [5.74, 6) is 0.0740. The van der Waals surface area contributed by atoms with Gasteiger partial charge in [-0.3, -0.25) is 4.79 Å². The van der Waals surface area contributed by atoms with Gasteiger partial charge in [-0.1, -0.05) is 24.6 Å². The normalized spacial score (nSPS) is 18.2. The Labute approximate surface area is 105 Å². The van der Waals surface area contributed by atoms with Crippen molar-refractivity contribution in [3.8, 4) is 0 Å². The van der Waals surface area contributed by atoms with E-state index in [-0.39, 0.29) is 11.2 Å². The first-order valence-corrected chi connectivity index (χ1v) is 6.74. The van der Waals surface area contributed by atoms with E-state index in [0.717, 1.165) is 12.8 Å². The summed E-state index contributed by atoms with van der Waals surface area (Å²) in [5, 5.41) is 14.7. The van der Waals surface area contributed by atoms with Crippen molar-refractivity contribution in [2.75, 3.05) is 0 Å². The maximum absolute atomic E-state index is 11.9. The molecule has 2 rings (SSSR count). The minimum Gasteiger partial charge on any atom is -0.352 e. The van der Waals surface area contributed by atoms with Crippen LogP contribution in [0.2, 0.25) is 0 Å². The average molecular weight is 255 g/mol. The molecule has 0 aliphatic heterocycles. The molecule has 1 aliphatic carbocycles. The molecule has 1 amide bonds. The van der Waals surface area contributed by atoms with Crippen molar-refractivity contribution in [3.63, 3.8) is 0 Å². The van der Waals surface area contributed by atoms with E-state index in [0.29, 0.717) is 11.2 Å². The summed E-state index contributed by atoms with van der Waals surface area (Å²) in [4.78, 5) is 11.9. The van der Waals surface area contributed by atoms with Crippen LogP contribution in [-0.4, -0.2) is 37.4 Å². The van der Waals surface area contributed by atoms with Crippen molar-refractivity contribution in [1.29, 1.82) is 0 Å². The summed E-state index contributed by atoms with van der Waals surface area (Å²) in [6, 6.07) is 0.364. The molecule has 94 valence electrons. The highest BCUT2D eigenvalue weighted by Crippen LogP contribution is 2.21. The number of hydrogen-bond donors (Lipinski definition) is 1. The SMILES string of the molecule is C[C@@H](Sc1nnnn1C)C(=O)NC1CCCC1. The molecule has 7 heteroatoms. The quantitative estimate of drug-likeness (QED) is 0.804. The summed E-state index contributed by atoms with van der Waals surface area (Å²) < 4.78 is 1.57. The van der Waals surface area contributed by atoms with Crippen LogP contribution in [0.25, 0.3) is 0 Å². The van der Waals surface area contributed by atoms with Gasteiger partial charge in [0.15, 0.2) is 0 Å². The zero-order chi connectivity index (χ0) is 12.3. The molecule has 1 heterocycles. The maximum Gasteiger partial charge on any atom is 0.233 e. The zero-order valence-corrected chi connectivity index (χ0v) is 10.9. The van der Waals surface area contributed by atoms with Crippen LogP contribution in [0.5, 0.6) is 0 Å². The molecule has 0 unspecified atom stereocenters. The maximum atomic E-state index is 11.9. The molecule has 0 radical (unpaired) electrons. The number of nitrogens with one attached hydrogen (secondary N) is 1. The Morgan fingerprint density at radius 3 is 2.82 bits per heavy atom. The van der Waals surface area contributed by atoms with Crippen molar-refractivity contribution < 1.29 is 4.79 Å². The van der Waals surface area contributed by atoms with E-state index in [1.165, 1.54) is 24.6 Å². The first kappa shape index (κ1) is 12.3. The lowest BCUT2D eigenvalue weighted by molar-refractivity contribution is -0.120. The van der Waals surface area contributed by atoms with Gasteiger partial charge in [0.05, 0.1) is 5.25 Å². The summed E-state index contributed by atoms with van der Waals surface area (Å²) in [5.41, 5.74) is 0. The van der Waals surface area contributed by atoms with Crippen LogP contribution >= 0.6 is 11.8 Å². The molecule has 1 saturated carbocycles. The number of aryl methyl sites for hydroxylation is 1. The second kappa shape index (κ2) is 5.48. The molecule has 1 aromatic heterocycles. The van der Waals surface area contributed by atoms with E-state index in [2.05, 4.69) is 20.8 Å². The topological polar surface area (TPSA) is 72.7 Å². The van der Waals surface area contributed by atoms with E-state index in [1.54, 1.807) is 11.7 Å². The van der Waals surface area contributed by atoms with Crippen LogP contribution in [0, 0.1) is 0 Å². The van der Waals surface area contributed by atoms with Gasteiger partial charge in [0.2, 0.25) is 11.1 Å². The monoisotopic (exact) mass is 255 g/mol. The van der Waals surface area contributed by atoms with Crippen LogP contribution in [-0.2, 0) is 11.8 Å². The highest BCUT2D eigenvalue weighted by molar-refractivity contribution is 8.00. The summed E-state index contributed by atoms with van der Waals surface area (Å²) in [7, 11) is 1.77. The molecule has 0 bridgehead atoms. The molecular formula is C10H17N5OS. The second-order valence-corrected chi connectivity index (χ2v) is 5.64. The molecular weight excluding hydrogens is 238 g/mol. The first-order valence-electron chi connectivity index (χ1n) is 5.86. The van der Waals surface area contributed by atoms with E-state index < -0.39 is 0 Å². The third kappa shape index (κ3) is 3.18. The summed E-state index contributed by atoms with van der Waals surface area (Å²) in [6.07, 6.45) is 4.66. The number of tetrazole rings is 1. The third-order valence-corrected chi connectivity index (χ3v) is 4.06. The summed E-state index contributed by atoms with van der Waals surface area (Å²) >= 11 is 1.38. The van der Waals surface area contributed by atoms with Crippen molar-refractivity contribution >= 4 is 17.7 Å². The Hall–Kier alpha value is -1.11. The number of thioether (sulfide) groups is 1. The number of carbonyl (C=O) groups excluding carboxylic acids is 1. The molecule has 1 atom stereocenters. The van der Waals surface area contributed by atoms with Gasteiger partial charge in [-0.25, -0.2) is 4.68 Å². The van der Waals surface area contributed by atoms with Crippen LogP contribution in [0.1, 0.15) is 32.6 Å². The van der Waals surface area contributed by atoms with Crippen molar-refractivity contribution in [2.45, 2.75) is 49.1 Å². The Kier molecular flexibility index (Phi) is 3.98. The van der Waals surface area contributed by atoms with Crippen LogP contribution in [0.3, 0.4) is 0 Å². The van der Waals surface area contributed by atoms with E-state index in [1.807, 2.05) is 6.92 Å². The van der Waals surface area contributed by atoms with Crippen molar-refractivity contribution in [2.24, 2.45) is 7.05 Å². The molecule has 0 aromatic carbocycles.